The first-order chi connectivity index (χ1) is 11.6. The minimum Gasteiger partial charge on any atom is -0.478 e. The normalized spacial score (nSPS) is 15.2. The largest absolute Gasteiger partial charge is 0.478 e. The Morgan fingerprint density at radius 3 is 2.79 bits per heavy atom. The molecule has 1 saturated heterocycles. The number of aromatic nitrogens is 2. The van der Waals surface area contributed by atoms with Crippen LogP contribution >= 0.6 is 0 Å². The fourth-order valence-corrected chi connectivity index (χ4v) is 2.75. The van der Waals surface area contributed by atoms with E-state index in [0.29, 0.717) is 31.1 Å². The number of rotatable bonds is 5. The molecule has 0 spiro atoms. The molecule has 1 aromatic carbocycles. The third-order valence-electron chi connectivity index (χ3n) is 4.08. The van der Waals surface area contributed by atoms with Gasteiger partial charge in [0.25, 0.3) is 0 Å². The second kappa shape index (κ2) is 7.27. The highest BCUT2D eigenvalue weighted by atomic mass is 16.5. The number of ether oxygens (including phenoxy) is 1. The van der Waals surface area contributed by atoms with Crippen LogP contribution in [0.4, 0.5) is 0 Å². The fourth-order valence-electron chi connectivity index (χ4n) is 2.75. The van der Waals surface area contributed by atoms with Crippen molar-refractivity contribution in [2.24, 2.45) is 5.92 Å². The number of hydrogen-bond donors (Lipinski definition) is 2. The Morgan fingerprint density at radius 2 is 2.04 bits per heavy atom. The average Bonchev–Trinajstić information content (AvgIpc) is 3.09. The van der Waals surface area contributed by atoms with Crippen LogP contribution in [0.15, 0.2) is 36.8 Å². The summed E-state index contributed by atoms with van der Waals surface area (Å²) in [5.74, 6) is -0.985. The van der Waals surface area contributed by atoms with Crippen molar-refractivity contribution in [2.75, 3.05) is 13.2 Å². The van der Waals surface area contributed by atoms with Crippen molar-refractivity contribution in [3.05, 3.63) is 48.0 Å². The van der Waals surface area contributed by atoms with Crippen LogP contribution in [0.1, 0.15) is 28.9 Å². The molecule has 0 unspecified atom stereocenters. The zero-order valence-corrected chi connectivity index (χ0v) is 13.1. The zero-order valence-electron chi connectivity index (χ0n) is 13.1. The number of imidazole rings is 1. The number of hydrogen-bond acceptors (Lipinski definition) is 4. The molecule has 1 aromatic heterocycles. The Kier molecular flexibility index (Phi) is 4.90. The molecule has 0 aliphatic carbocycles. The first-order valence-corrected chi connectivity index (χ1v) is 7.86. The molecule has 1 aliphatic heterocycles. The van der Waals surface area contributed by atoms with E-state index in [1.54, 1.807) is 41.4 Å². The van der Waals surface area contributed by atoms with Crippen LogP contribution in [0.5, 0.6) is 0 Å². The summed E-state index contributed by atoms with van der Waals surface area (Å²) >= 11 is 0. The molecule has 0 atom stereocenters. The van der Waals surface area contributed by atoms with Gasteiger partial charge in [-0.3, -0.25) is 4.79 Å². The Bertz CT molecular complexity index is 735. The molecule has 1 amide bonds. The van der Waals surface area contributed by atoms with E-state index in [-0.39, 0.29) is 17.4 Å². The molecule has 126 valence electrons. The first-order valence-electron chi connectivity index (χ1n) is 7.86. The van der Waals surface area contributed by atoms with Crippen molar-refractivity contribution in [1.29, 1.82) is 0 Å². The van der Waals surface area contributed by atoms with Gasteiger partial charge in [-0.1, -0.05) is 12.1 Å². The quantitative estimate of drug-likeness (QED) is 0.869. The zero-order chi connectivity index (χ0) is 16.9. The second-order valence-corrected chi connectivity index (χ2v) is 5.70. The van der Waals surface area contributed by atoms with Crippen molar-refractivity contribution >= 4 is 11.9 Å². The monoisotopic (exact) mass is 329 g/mol. The molecule has 0 bridgehead atoms. The Morgan fingerprint density at radius 1 is 1.29 bits per heavy atom. The minimum absolute atomic E-state index is 0.00595. The molecular formula is C17H19N3O4. The van der Waals surface area contributed by atoms with Crippen LogP contribution in [0.3, 0.4) is 0 Å². The second-order valence-electron chi connectivity index (χ2n) is 5.70. The smallest absolute Gasteiger partial charge is 0.337 e. The van der Waals surface area contributed by atoms with E-state index in [9.17, 15) is 14.7 Å². The van der Waals surface area contributed by atoms with Crippen molar-refractivity contribution in [3.8, 4) is 5.69 Å². The SMILES string of the molecule is O=C(O)c1ccccc1-n1cnc(CNC(=O)C2CCOCC2)c1. The van der Waals surface area contributed by atoms with Crippen LogP contribution in [0.2, 0.25) is 0 Å². The van der Waals surface area contributed by atoms with Gasteiger partial charge in [0.2, 0.25) is 5.91 Å². The summed E-state index contributed by atoms with van der Waals surface area (Å²) in [6.45, 7) is 1.57. The molecule has 0 radical (unpaired) electrons. The van der Waals surface area contributed by atoms with Gasteiger partial charge in [-0.2, -0.15) is 0 Å². The highest BCUT2D eigenvalue weighted by Crippen LogP contribution is 2.16. The highest BCUT2D eigenvalue weighted by molar-refractivity contribution is 5.91. The maximum absolute atomic E-state index is 12.1. The predicted octanol–water partition coefficient (Wildman–Crippen LogP) is 1.61. The van der Waals surface area contributed by atoms with Gasteiger partial charge in [-0.05, 0) is 25.0 Å². The lowest BCUT2D eigenvalue weighted by atomic mass is 9.99. The first kappa shape index (κ1) is 16.2. The molecule has 2 N–H and O–H groups in total. The summed E-state index contributed by atoms with van der Waals surface area (Å²) in [5, 5.41) is 12.1. The summed E-state index contributed by atoms with van der Waals surface area (Å²) in [4.78, 5) is 27.6. The minimum atomic E-state index is -0.992. The molecule has 24 heavy (non-hydrogen) atoms. The molecular weight excluding hydrogens is 310 g/mol. The van der Waals surface area contributed by atoms with Crippen LogP contribution in [-0.4, -0.2) is 39.7 Å². The van der Waals surface area contributed by atoms with Gasteiger partial charge in [0.15, 0.2) is 0 Å². The number of carboxylic acid groups (broad SMARTS) is 1. The van der Waals surface area contributed by atoms with Crippen LogP contribution < -0.4 is 5.32 Å². The molecule has 1 aliphatic rings. The van der Waals surface area contributed by atoms with Crippen molar-refractivity contribution < 1.29 is 19.4 Å². The van der Waals surface area contributed by atoms with Gasteiger partial charge in [-0.25, -0.2) is 9.78 Å². The number of carbonyl (C=O) groups is 2. The highest BCUT2D eigenvalue weighted by Gasteiger charge is 2.21. The van der Waals surface area contributed by atoms with Crippen molar-refractivity contribution in [3.63, 3.8) is 0 Å². The third kappa shape index (κ3) is 3.62. The number of aromatic carboxylic acids is 1. The molecule has 3 rings (SSSR count). The fraction of sp³-hybridized carbons (Fsp3) is 0.353. The molecule has 7 nitrogen and oxygen atoms in total. The molecule has 7 heteroatoms. The van der Waals surface area contributed by atoms with Gasteiger partial charge in [0.1, 0.15) is 0 Å². The number of carbonyl (C=O) groups excluding carboxylic acids is 1. The molecule has 0 saturated carbocycles. The lowest BCUT2D eigenvalue weighted by Crippen LogP contribution is -2.33. The number of nitrogens with one attached hydrogen (secondary N) is 1. The predicted molar refractivity (Wildman–Crippen MR) is 85.9 cm³/mol. The average molecular weight is 329 g/mol. The Balaban J connectivity index is 1.66. The van der Waals surface area contributed by atoms with Crippen LogP contribution in [0.25, 0.3) is 5.69 Å². The number of para-hydroxylation sites is 1. The Hall–Kier alpha value is -2.67. The maximum atomic E-state index is 12.1. The van der Waals surface area contributed by atoms with E-state index in [2.05, 4.69) is 10.3 Å². The van der Waals surface area contributed by atoms with Gasteiger partial charge < -0.3 is 19.7 Å². The lowest BCUT2D eigenvalue weighted by molar-refractivity contribution is -0.128. The van der Waals surface area contributed by atoms with E-state index in [0.717, 1.165) is 12.8 Å². The molecule has 2 heterocycles. The summed E-state index contributed by atoms with van der Waals surface area (Å²) in [6.07, 6.45) is 4.77. The summed E-state index contributed by atoms with van der Waals surface area (Å²) in [6, 6.07) is 6.72. The van der Waals surface area contributed by atoms with Crippen LogP contribution in [-0.2, 0) is 16.1 Å². The standard InChI is InChI=1S/C17H19N3O4/c21-16(12-5-7-24-8-6-12)18-9-13-10-20(11-19-13)15-4-2-1-3-14(15)17(22)23/h1-4,10-12H,5-9H2,(H,18,21)(H,22,23). The van der Waals surface area contributed by atoms with E-state index in [4.69, 9.17) is 4.74 Å². The van der Waals surface area contributed by atoms with Gasteiger partial charge in [0.05, 0.1) is 29.8 Å². The number of carboxylic acids is 1. The van der Waals surface area contributed by atoms with Gasteiger partial charge in [-0.15, -0.1) is 0 Å². The maximum Gasteiger partial charge on any atom is 0.337 e. The molecule has 2 aromatic rings. The summed E-state index contributed by atoms with van der Waals surface area (Å²) in [5.41, 5.74) is 1.42. The van der Waals surface area contributed by atoms with Crippen molar-refractivity contribution in [1.82, 2.24) is 14.9 Å². The van der Waals surface area contributed by atoms with Gasteiger partial charge in [0, 0.05) is 25.3 Å². The number of nitrogens with zero attached hydrogens (tertiary/aromatic N) is 2. The number of amides is 1. The van der Waals surface area contributed by atoms with Gasteiger partial charge >= 0.3 is 5.97 Å². The van der Waals surface area contributed by atoms with E-state index < -0.39 is 5.97 Å². The Labute approximate surface area is 139 Å². The van der Waals surface area contributed by atoms with Crippen molar-refractivity contribution in [2.45, 2.75) is 19.4 Å². The summed E-state index contributed by atoms with van der Waals surface area (Å²) in [7, 11) is 0. The van der Waals surface area contributed by atoms with Crippen LogP contribution in [0, 0.1) is 5.92 Å². The third-order valence-corrected chi connectivity index (χ3v) is 4.08. The van der Waals surface area contributed by atoms with E-state index in [1.165, 1.54) is 0 Å². The molecule has 1 fully saturated rings. The number of benzene rings is 1. The van der Waals surface area contributed by atoms with E-state index in [1.807, 2.05) is 0 Å². The lowest BCUT2D eigenvalue weighted by Gasteiger charge is -2.20. The topological polar surface area (TPSA) is 93.5 Å². The van der Waals surface area contributed by atoms with E-state index >= 15 is 0 Å². The summed E-state index contributed by atoms with van der Waals surface area (Å²) < 4.78 is 6.90.